The maximum absolute atomic E-state index is 13.3. The maximum Gasteiger partial charge on any atom is 0.254 e. The highest BCUT2D eigenvalue weighted by molar-refractivity contribution is 7.91. The Balaban J connectivity index is 1.15. The van der Waals surface area contributed by atoms with Crippen LogP contribution in [0.4, 0.5) is 5.13 Å². The molecule has 216 valence electrons. The SMILES string of the molecule is CCc1cc(-c2cccc(-c3csc(NC(=O)[C@@H]4CCN4C(=O)c4ccc5c(c4)S(=O)(=O)CCOC5)n3)c2)cc(C)n1. The van der Waals surface area contributed by atoms with Crippen LogP contribution in [0.5, 0.6) is 0 Å². The number of carbonyl (C=O) groups excluding carboxylic acids is 2. The monoisotopic (exact) mass is 602 g/mol. The van der Waals surface area contributed by atoms with Gasteiger partial charge in [-0.1, -0.05) is 31.2 Å². The number of pyridine rings is 1. The minimum absolute atomic E-state index is 0.114. The van der Waals surface area contributed by atoms with Crippen molar-refractivity contribution in [3.63, 3.8) is 0 Å². The van der Waals surface area contributed by atoms with E-state index in [2.05, 4.69) is 46.5 Å². The zero-order chi connectivity index (χ0) is 29.4. The number of likely N-dealkylation sites (tertiary alicyclic amines) is 1. The molecule has 11 heteroatoms. The lowest BCUT2D eigenvalue weighted by Gasteiger charge is -2.39. The molecule has 2 amide bonds. The van der Waals surface area contributed by atoms with Gasteiger partial charge in [0.05, 0.1) is 29.6 Å². The molecule has 42 heavy (non-hydrogen) atoms. The number of thiazole rings is 1. The molecule has 0 radical (unpaired) electrons. The summed E-state index contributed by atoms with van der Waals surface area (Å²) in [6.07, 6.45) is 1.37. The highest BCUT2D eigenvalue weighted by Gasteiger charge is 2.39. The molecule has 2 aliphatic heterocycles. The van der Waals surface area contributed by atoms with Gasteiger partial charge in [0.1, 0.15) is 6.04 Å². The third-order valence-corrected chi connectivity index (χ3v) is 10.1. The molecule has 1 fully saturated rings. The summed E-state index contributed by atoms with van der Waals surface area (Å²) in [6, 6.07) is 16.2. The number of benzene rings is 2. The van der Waals surface area contributed by atoms with Gasteiger partial charge in [-0.05, 0) is 66.8 Å². The maximum atomic E-state index is 13.3. The molecule has 0 aliphatic carbocycles. The number of aromatic nitrogens is 2. The van der Waals surface area contributed by atoms with Crippen molar-refractivity contribution in [1.29, 1.82) is 0 Å². The largest absolute Gasteiger partial charge is 0.376 e. The van der Waals surface area contributed by atoms with Crippen LogP contribution in [0.3, 0.4) is 0 Å². The smallest absolute Gasteiger partial charge is 0.254 e. The number of rotatable bonds is 6. The molecule has 6 rings (SSSR count). The summed E-state index contributed by atoms with van der Waals surface area (Å²) in [6.45, 7) is 4.79. The van der Waals surface area contributed by atoms with Crippen LogP contribution in [0.2, 0.25) is 0 Å². The van der Waals surface area contributed by atoms with E-state index in [1.54, 1.807) is 12.1 Å². The van der Waals surface area contributed by atoms with Crippen molar-refractivity contribution in [2.45, 2.75) is 44.2 Å². The number of aryl methyl sites for hydroxylation is 2. The summed E-state index contributed by atoms with van der Waals surface area (Å²) < 4.78 is 30.7. The van der Waals surface area contributed by atoms with Gasteiger partial charge >= 0.3 is 0 Å². The number of sulfone groups is 1. The molecular formula is C31H30N4O5S2. The van der Waals surface area contributed by atoms with E-state index in [1.807, 2.05) is 24.4 Å². The van der Waals surface area contributed by atoms with Crippen molar-refractivity contribution in [1.82, 2.24) is 14.9 Å². The lowest BCUT2D eigenvalue weighted by Crippen LogP contribution is -2.56. The fraction of sp³-hybridized carbons (Fsp3) is 0.290. The molecule has 0 saturated carbocycles. The summed E-state index contributed by atoms with van der Waals surface area (Å²) in [5, 5.41) is 5.21. The van der Waals surface area contributed by atoms with Gasteiger partial charge in [0, 0.05) is 34.4 Å². The van der Waals surface area contributed by atoms with E-state index in [4.69, 9.17) is 4.74 Å². The summed E-state index contributed by atoms with van der Waals surface area (Å²) in [7, 11) is -3.55. The fourth-order valence-electron chi connectivity index (χ4n) is 5.22. The van der Waals surface area contributed by atoms with Gasteiger partial charge < -0.3 is 15.0 Å². The molecule has 1 saturated heterocycles. The Morgan fingerprint density at radius 2 is 1.90 bits per heavy atom. The van der Waals surface area contributed by atoms with E-state index >= 15 is 0 Å². The van der Waals surface area contributed by atoms with Crippen molar-refractivity contribution in [2.75, 3.05) is 24.2 Å². The standard InChI is InChI=1S/C31H30N4O5S2/c1-3-25-15-24(13-19(2)32-25)20-5-4-6-21(14-20)26-18-41-31(33-26)34-29(36)27-9-10-35(27)30(37)22-7-8-23-17-40-11-12-42(38,39)28(23)16-22/h4-8,13-16,18,27H,3,9-12,17H2,1-2H3,(H,33,34,36)/t27-/m0/s1. The Kier molecular flexibility index (Phi) is 7.65. The van der Waals surface area contributed by atoms with Crippen molar-refractivity contribution in [3.8, 4) is 22.4 Å². The molecule has 4 heterocycles. The zero-order valence-corrected chi connectivity index (χ0v) is 24.9. The number of carbonyl (C=O) groups is 2. The van der Waals surface area contributed by atoms with Crippen LogP contribution < -0.4 is 5.32 Å². The number of amides is 2. The first-order chi connectivity index (χ1) is 20.2. The predicted molar refractivity (Wildman–Crippen MR) is 161 cm³/mol. The molecule has 2 aromatic carbocycles. The Bertz CT molecular complexity index is 1800. The first-order valence-electron chi connectivity index (χ1n) is 13.8. The predicted octanol–water partition coefficient (Wildman–Crippen LogP) is 4.90. The van der Waals surface area contributed by atoms with Crippen molar-refractivity contribution < 1.29 is 22.7 Å². The normalized spacial score (nSPS) is 17.6. The van der Waals surface area contributed by atoms with Crippen molar-refractivity contribution in [2.24, 2.45) is 0 Å². The molecule has 1 N–H and O–H groups in total. The summed E-state index contributed by atoms with van der Waals surface area (Å²) >= 11 is 1.32. The molecule has 0 bridgehead atoms. The second kappa shape index (κ2) is 11.4. The highest BCUT2D eigenvalue weighted by Crippen LogP contribution is 2.31. The third kappa shape index (κ3) is 5.59. The Morgan fingerprint density at radius 1 is 1.07 bits per heavy atom. The molecular weight excluding hydrogens is 572 g/mol. The van der Waals surface area contributed by atoms with Gasteiger partial charge in [-0.15, -0.1) is 11.3 Å². The highest BCUT2D eigenvalue weighted by atomic mass is 32.2. The molecule has 0 unspecified atom stereocenters. The van der Waals surface area contributed by atoms with Crippen LogP contribution in [0, 0.1) is 6.92 Å². The van der Waals surface area contributed by atoms with Crippen LogP contribution in [-0.2, 0) is 32.4 Å². The Hall–Kier alpha value is -3.93. The van der Waals surface area contributed by atoms with Gasteiger partial charge in [-0.3, -0.25) is 14.6 Å². The number of hydrogen-bond donors (Lipinski definition) is 1. The van der Waals surface area contributed by atoms with Crippen LogP contribution in [0.25, 0.3) is 22.4 Å². The van der Waals surface area contributed by atoms with Crippen molar-refractivity contribution in [3.05, 3.63) is 82.5 Å². The van der Waals surface area contributed by atoms with E-state index < -0.39 is 15.9 Å². The molecule has 9 nitrogen and oxygen atoms in total. The molecule has 1 atom stereocenters. The number of ether oxygens (including phenoxy) is 1. The third-order valence-electron chi connectivity index (χ3n) is 7.58. The topological polar surface area (TPSA) is 119 Å². The van der Waals surface area contributed by atoms with Gasteiger partial charge in [0.15, 0.2) is 15.0 Å². The first-order valence-corrected chi connectivity index (χ1v) is 16.3. The minimum atomic E-state index is -3.55. The lowest BCUT2D eigenvalue weighted by molar-refractivity contribution is -0.123. The number of hydrogen-bond acceptors (Lipinski definition) is 8. The lowest BCUT2D eigenvalue weighted by atomic mass is 10.00. The minimum Gasteiger partial charge on any atom is -0.376 e. The molecule has 4 aromatic rings. The summed E-state index contributed by atoms with van der Waals surface area (Å²) in [5.74, 6) is -0.825. The average Bonchev–Trinajstić information content (AvgIpc) is 3.36. The van der Waals surface area contributed by atoms with Gasteiger partial charge in [0.25, 0.3) is 5.91 Å². The average molecular weight is 603 g/mol. The van der Waals surface area contributed by atoms with Crippen molar-refractivity contribution >= 4 is 38.1 Å². The van der Waals surface area contributed by atoms with Crippen LogP contribution in [-0.4, -0.2) is 60.0 Å². The quantitative estimate of drug-likeness (QED) is 0.334. The van der Waals surface area contributed by atoms with E-state index in [9.17, 15) is 18.0 Å². The Morgan fingerprint density at radius 3 is 2.69 bits per heavy atom. The molecule has 0 spiro atoms. The second-order valence-corrected chi connectivity index (χ2v) is 13.4. The summed E-state index contributed by atoms with van der Waals surface area (Å²) in [5.41, 5.74) is 6.62. The van der Waals surface area contributed by atoms with Gasteiger partial charge in [-0.25, -0.2) is 13.4 Å². The number of fused-ring (bicyclic) bond motifs is 1. The van der Waals surface area contributed by atoms with Gasteiger partial charge in [-0.2, -0.15) is 0 Å². The van der Waals surface area contributed by atoms with Gasteiger partial charge in [0.2, 0.25) is 5.91 Å². The van der Waals surface area contributed by atoms with Crippen LogP contribution >= 0.6 is 11.3 Å². The van der Waals surface area contributed by atoms with E-state index in [0.717, 1.165) is 40.2 Å². The van der Waals surface area contributed by atoms with E-state index in [-0.39, 0.29) is 41.2 Å². The van der Waals surface area contributed by atoms with Crippen LogP contribution in [0.15, 0.2) is 64.9 Å². The fourth-order valence-corrected chi connectivity index (χ4v) is 7.33. The molecule has 2 aromatic heterocycles. The van der Waals surface area contributed by atoms with E-state index in [0.29, 0.717) is 23.7 Å². The first kappa shape index (κ1) is 28.2. The number of anilines is 1. The van der Waals surface area contributed by atoms with E-state index in [1.165, 1.54) is 22.3 Å². The number of nitrogens with zero attached hydrogens (tertiary/aromatic N) is 3. The summed E-state index contributed by atoms with van der Waals surface area (Å²) in [4.78, 5) is 37.2. The Labute approximate surface area is 248 Å². The number of nitrogens with one attached hydrogen (secondary N) is 1. The molecule has 2 aliphatic rings. The zero-order valence-electron chi connectivity index (χ0n) is 23.3. The second-order valence-electron chi connectivity index (χ2n) is 10.4. The van der Waals surface area contributed by atoms with Crippen LogP contribution in [0.1, 0.15) is 40.7 Å².